The maximum absolute atomic E-state index is 12.5. The lowest BCUT2D eigenvalue weighted by Crippen LogP contribution is -2.12. The van der Waals surface area contributed by atoms with Crippen LogP contribution in [0.25, 0.3) is 22.2 Å². The second-order valence-electron chi connectivity index (χ2n) is 6.91. The van der Waals surface area contributed by atoms with E-state index in [4.69, 9.17) is 15.2 Å². The number of nitrogens with zero attached hydrogens (tertiary/aromatic N) is 3. The SMILES string of the molecule is COc1cc2nc(Cc3ccc(-c4cc(C)cnc4N)nc3)[nH]c(=O)c2cc1OC. The number of benzene rings is 1. The Morgan fingerprint density at radius 3 is 2.50 bits per heavy atom. The Balaban J connectivity index is 1.65. The van der Waals surface area contributed by atoms with Gasteiger partial charge in [-0.05, 0) is 36.2 Å². The molecule has 152 valence electrons. The fraction of sp³-hybridized carbons (Fsp3) is 0.182. The van der Waals surface area contributed by atoms with Crippen LogP contribution in [0.1, 0.15) is 17.0 Å². The van der Waals surface area contributed by atoms with Crippen molar-refractivity contribution in [2.24, 2.45) is 0 Å². The molecule has 0 amide bonds. The summed E-state index contributed by atoms with van der Waals surface area (Å²) < 4.78 is 10.6. The number of ether oxygens (including phenoxy) is 2. The summed E-state index contributed by atoms with van der Waals surface area (Å²) in [5.74, 6) is 1.97. The number of pyridine rings is 2. The minimum Gasteiger partial charge on any atom is -0.493 e. The Labute approximate surface area is 172 Å². The average Bonchev–Trinajstić information content (AvgIpc) is 2.75. The standard InChI is InChI=1S/C22H21N5O3/c1-12-6-14(21(23)25-10-12)16-5-4-13(11-24-16)7-20-26-17-9-19(30-3)18(29-2)8-15(17)22(28)27-20/h4-6,8-11H,7H2,1-3H3,(H2,23,25)(H,26,27,28). The first-order valence-electron chi connectivity index (χ1n) is 9.31. The number of H-pyrrole nitrogens is 1. The van der Waals surface area contributed by atoms with Crippen LogP contribution in [0.2, 0.25) is 0 Å². The van der Waals surface area contributed by atoms with E-state index < -0.39 is 0 Å². The van der Waals surface area contributed by atoms with Crippen molar-refractivity contribution >= 4 is 16.7 Å². The lowest BCUT2D eigenvalue weighted by atomic mass is 10.1. The van der Waals surface area contributed by atoms with E-state index in [0.29, 0.717) is 40.5 Å². The Morgan fingerprint density at radius 1 is 1.03 bits per heavy atom. The van der Waals surface area contributed by atoms with Gasteiger partial charge >= 0.3 is 0 Å². The van der Waals surface area contributed by atoms with Crippen molar-refractivity contribution < 1.29 is 9.47 Å². The lowest BCUT2D eigenvalue weighted by molar-refractivity contribution is 0.355. The molecule has 0 atom stereocenters. The van der Waals surface area contributed by atoms with E-state index in [2.05, 4.69) is 19.9 Å². The molecule has 0 bridgehead atoms. The molecule has 0 aliphatic rings. The van der Waals surface area contributed by atoms with E-state index in [-0.39, 0.29) is 5.56 Å². The number of hydrogen-bond donors (Lipinski definition) is 2. The topological polar surface area (TPSA) is 116 Å². The quantitative estimate of drug-likeness (QED) is 0.526. The zero-order valence-corrected chi connectivity index (χ0v) is 16.9. The highest BCUT2D eigenvalue weighted by atomic mass is 16.5. The summed E-state index contributed by atoms with van der Waals surface area (Å²) >= 11 is 0. The van der Waals surface area contributed by atoms with Gasteiger partial charge in [-0.1, -0.05) is 6.07 Å². The molecule has 0 aliphatic carbocycles. The van der Waals surface area contributed by atoms with Crippen LogP contribution < -0.4 is 20.8 Å². The normalized spacial score (nSPS) is 10.9. The fourth-order valence-electron chi connectivity index (χ4n) is 3.26. The van der Waals surface area contributed by atoms with Crippen molar-refractivity contribution in [3.05, 3.63) is 70.0 Å². The molecular formula is C22H21N5O3. The fourth-order valence-corrected chi connectivity index (χ4v) is 3.26. The number of rotatable bonds is 5. The van der Waals surface area contributed by atoms with Crippen LogP contribution >= 0.6 is 0 Å². The molecule has 8 nitrogen and oxygen atoms in total. The van der Waals surface area contributed by atoms with Gasteiger partial charge < -0.3 is 20.2 Å². The van der Waals surface area contributed by atoms with Gasteiger partial charge in [0.1, 0.15) is 11.6 Å². The lowest BCUT2D eigenvalue weighted by Gasteiger charge is -2.10. The van der Waals surface area contributed by atoms with Crippen LogP contribution in [0, 0.1) is 6.92 Å². The maximum Gasteiger partial charge on any atom is 0.258 e. The van der Waals surface area contributed by atoms with E-state index in [1.807, 2.05) is 25.1 Å². The highest BCUT2D eigenvalue weighted by Crippen LogP contribution is 2.30. The first kappa shape index (κ1) is 19.4. The summed E-state index contributed by atoms with van der Waals surface area (Å²) in [5, 5.41) is 0.437. The average molecular weight is 403 g/mol. The first-order valence-corrected chi connectivity index (χ1v) is 9.31. The Hall–Kier alpha value is -3.94. The number of aryl methyl sites for hydroxylation is 1. The van der Waals surface area contributed by atoms with Gasteiger partial charge in [-0.15, -0.1) is 0 Å². The monoisotopic (exact) mass is 403 g/mol. The van der Waals surface area contributed by atoms with Crippen LogP contribution in [0.15, 0.2) is 47.5 Å². The molecule has 3 N–H and O–H groups in total. The summed E-state index contributed by atoms with van der Waals surface area (Å²) in [6, 6.07) is 9.09. The van der Waals surface area contributed by atoms with Crippen LogP contribution in [0.5, 0.6) is 11.5 Å². The number of nitrogen functional groups attached to an aromatic ring is 1. The number of nitrogens with two attached hydrogens (primary N) is 1. The van der Waals surface area contributed by atoms with Crippen molar-refractivity contribution in [3.8, 4) is 22.8 Å². The minimum absolute atomic E-state index is 0.237. The summed E-state index contributed by atoms with van der Waals surface area (Å²) in [5.41, 5.74) is 9.72. The summed E-state index contributed by atoms with van der Waals surface area (Å²) in [7, 11) is 3.07. The number of aromatic amines is 1. The maximum atomic E-state index is 12.5. The third-order valence-corrected chi connectivity index (χ3v) is 4.79. The Bertz CT molecular complexity index is 1280. The minimum atomic E-state index is -0.237. The molecule has 3 aromatic heterocycles. The molecular weight excluding hydrogens is 382 g/mol. The van der Waals surface area contributed by atoms with E-state index in [1.165, 1.54) is 7.11 Å². The molecule has 4 aromatic rings. The van der Waals surface area contributed by atoms with Crippen LogP contribution in [0.4, 0.5) is 5.82 Å². The van der Waals surface area contributed by atoms with Gasteiger partial charge in [-0.25, -0.2) is 9.97 Å². The third-order valence-electron chi connectivity index (χ3n) is 4.79. The molecule has 3 heterocycles. The summed E-state index contributed by atoms with van der Waals surface area (Å²) in [6.07, 6.45) is 3.89. The molecule has 8 heteroatoms. The second-order valence-corrected chi connectivity index (χ2v) is 6.91. The highest BCUT2D eigenvalue weighted by molar-refractivity contribution is 5.81. The van der Waals surface area contributed by atoms with Crippen LogP contribution in [-0.4, -0.2) is 34.2 Å². The van der Waals surface area contributed by atoms with Crippen molar-refractivity contribution in [3.63, 3.8) is 0 Å². The van der Waals surface area contributed by atoms with Crippen LogP contribution in [-0.2, 0) is 6.42 Å². The van der Waals surface area contributed by atoms with Gasteiger partial charge in [0.2, 0.25) is 0 Å². The predicted molar refractivity (Wildman–Crippen MR) is 115 cm³/mol. The van der Waals surface area contributed by atoms with E-state index in [9.17, 15) is 4.79 Å². The smallest absolute Gasteiger partial charge is 0.258 e. The van der Waals surface area contributed by atoms with E-state index in [1.54, 1.807) is 31.6 Å². The molecule has 0 aliphatic heterocycles. The molecule has 30 heavy (non-hydrogen) atoms. The Kier molecular flexibility index (Phi) is 5.05. The van der Waals surface area contributed by atoms with Gasteiger partial charge in [0, 0.05) is 30.4 Å². The number of methoxy groups -OCH3 is 2. The number of anilines is 1. The molecule has 0 radical (unpaired) electrons. The van der Waals surface area contributed by atoms with Crippen molar-refractivity contribution in [2.75, 3.05) is 20.0 Å². The molecule has 0 fully saturated rings. The van der Waals surface area contributed by atoms with Gasteiger partial charge in [-0.3, -0.25) is 9.78 Å². The number of hydrogen-bond acceptors (Lipinski definition) is 7. The second kappa shape index (κ2) is 7.82. The van der Waals surface area contributed by atoms with Crippen LogP contribution in [0.3, 0.4) is 0 Å². The molecule has 0 saturated carbocycles. The molecule has 4 rings (SSSR count). The third kappa shape index (κ3) is 3.67. The van der Waals surface area contributed by atoms with Crippen molar-refractivity contribution in [1.29, 1.82) is 0 Å². The largest absolute Gasteiger partial charge is 0.493 e. The van der Waals surface area contributed by atoms with Gasteiger partial charge in [0.05, 0.1) is 30.8 Å². The van der Waals surface area contributed by atoms with E-state index >= 15 is 0 Å². The molecule has 0 saturated heterocycles. The van der Waals surface area contributed by atoms with Crippen molar-refractivity contribution in [2.45, 2.75) is 13.3 Å². The van der Waals surface area contributed by atoms with E-state index in [0.717, 1.165) is 22.4 Å². The predicted octanol–water partition coefficient (Wildman–Crippen LogP) is 2.88. The molecule has 1 aromatic carbocycles. The zero-order valence-electron chi connectivity index (χ0n) is 16.9. The highest BCUT2D eigenvalue weighted by Gasteiger charge is 2.12. The van der Waals surface area contributed by atoms with Crippen molar-refractivity contribution in [1.82, 2.24) is 19.9 Å². The van der Waals surface area contributed by atoms with Gasteiger partial charge in [0.15, 0.2) is 11.5 Å². The van der Waals surface area contributed by atoms with Gasteiger partial charge in [-0.2, -0.15) is 0 Å². The molecule has 0 unspecified atom stereocenters. The number of nitrogens with one attached hydrogen (secondary N) is 1. The first-order chi connectivity index (χ1) is 14.5. The van der Waals surface area contributed by atoms with Gasteiger partial charge in [0.25, 0.3) is 5.56 Å². The summed E-state index contributed by atoms with van der Waals surface area (Å²) in [6.45, 7) is 1.95. The zero-order chi connectivity index (χ0) is 21.3. The summed E-state index contributed by atoms with van der Waals surface area (Å²) in [4.78, 5) is 28.6. The molecule has 0 spiro atoms. The number of aromatic nitrogens is 4. The number of fused-ring (bicyclic) bond motifs is 1. The Morgan fingerprint density at radius 2 is 1.80 bits per heavy atom.